The summed E-state index contributed by atoms with van der Waals surface area (Å²) in [5.74, 6) is -0.00326. The summed E-state index contributed by atoms with van der Waals surface area (Å²) >= 11 is 5.90. The van der Waals surface area contributed by atoms with E-state index >= 15 is 0 Å². The molecule has 0 saturated carbocycles. The van der Waals surface area contributed by atoms with Crippen molar-refractivity contribution >= 4 is 17.5 Å². The summed E-state index contributed by atoms with van der Waals surface area (Å²) in [5, 5.41) is 12.8. The SMILES string of the molecule is CCC(CC)(CCO)CNC(=O)Cc1cccc(Cl)c1. The van der Waals surface area contributed by atoms with Gasteiger partial charge in [-0.05, 0) is 42.4 Å². The predicted molar refractivity (Wildman–Crippen MR) is 82.9 cm³/mol. The van der Waals surface area contributed by atoms with Gasteiger partial charge in [0.2, 0.25) is 5.91 Å². The van der Waals surface area contributed by atoms with Crippen molar-refractivity contribution in [2.75, 3.05) is 13.2 Å². The molecule has 0 radical (unpaired) electrons. The Hall–Kier alpha value is -1.06. The second-order valence-corrected chi connectivity index (χ2v) is 5.70. The van der Waals surface area contributed by atoms with Crippen molar-refractivity contribution < 1.29 is 9.90 Å². The first kappa shape index (κ1) is 17.0. The Kier molecular flexibility index (Phi) is 7.03. The largest absolute Gasteiger partial charge is 0.396 e. The van der Waals surface area contributed by atoms with Crippen LogP contribution in [0.2, 0.25) is 5.02 Å². The molecule has 3 nitrogen and oxygen atoms in total. The fraction of sp³-hybridized carbons (Fsp3) is 0.562. The molecule has 0 spiro atoms. The highest BCUT2D eigenvalue weighted by Gasteiger charge is 2.25. The van der Waals surface area contributed by atoms with E-state index in [1.54, 1.807) is 6.07 Å². The van der Waals surface area contributed by atoms with Crippen LogP contribution in [0.25, 0.3) is 0 Å². The fourth-order valence-electron chi connectivity index (χ4n) is 2.36. The summed E-state index contributed by atoms with van der Waals surface area (Å²) in [5.41, 5.74) is 0.911. The number of hydrogen-bond donors (Lipinski definition) is 2. The molecule has 0 fully saturated rings. The Morgan fingerprint density at radius 1 is 1.35 bits per heavy atom. The van der Waals surface area contributed by atoms with Gasteiger partial charge in [0.05, 0.1) is 6.42 Å². The minimum atomic E-state index is -0.00326. The normalized spacial score (nSPS) is 11.4. The van der Waals surface area contributed by atoms with Crippen molar-refractivity contribution in [1.82, 2.24) is 5.32 Å². The molecule has 4 heteroatoms. The molecule has 0 unspecified atom stereocenters. The minimum Gasteiger partial charge on any atom is -0.396 e. The zero-order valence-electron chi connectivity index (χ0n) is 12.3. The van der Waals surface area contributed by atoms with E-state index in [0.29, 0.717) is 18.0 Å². The first-order chi connectivity index (χ1) is 9.55. The highest BCUT2D eigenvalue weighted by molar-refractivity contribution is 6.30. The van der Waals surface area contributed by atoms with Crippen LogP contribution in [0.3, 0.4) is 0 Å². The molecule has 20 heavy (non-hydrogen) atoms. The van der Waals surface area contributed by atoms with Crippen LogP contribution in [0, 0.1) is 5.41 Å². The van der Waals surface area contributed by atoms with Crippen molar-refractivity contribution in [2.45, 2.75) is 39.5 Å². The molecule has 1 amide bonds. The third kappa shape index (κ3) is 5.14. The summed E-state index contributed by atoms with van der Waals surface area (Å²) in [6.45, 7) is 4.97. The Morgan fingerprint density at radius 3 is 2.60 bits per heavy atom. The summed E-state index contributed by atoms with van der Waals surface area (Å²) in [6, 6.07) is 7.34. The van der Waals surface area contributed by atoms with Gasteiger partial charge in [0.25, 0.3) is 0 Å². The van der Waals surface area contributed by atoms with E-state index in [1.165, 1.54) is 0 Å². The van der Waals surface area contributed by atoms with Crippen LogP contribution in [0.4, 0.5) is 0 Å². The van der Waals surface area contributed by atoms with Crippen LogP contribution < -0.4 is 5.32 Å². The minimum absolute atomic E-state index is 0.00125. The Bertz CT molecular complexity index is 430. The van der Waals surface area contributed by atoms with Crippen molar-refractivity contribution in [1.29, 1.82) is 0 Å². The predicted octanol–water partition coefficient (Wildman–Crippen LogP) is 3.19. The van der Waals surface area contributed by atoms with Crippen LogP contribution >= 0.6 is 11.6 Å². The van der Waals surface area contributed by atoms with Gasteiger partial charge in [-0.15, -0.1) is 0 Å². The molecule has 1 aromatic rings. The quantitative estimate of drug-likeness (QED) is 0.774. The Labute approximate surface area is 126 Å². The molecule has 1 rings (SSSR count). The second-order valence-electron chi connectivity index (χ2n) is 5.26. The van der Waals surface area contributed by atoms with Crippen LogP contribution in [0.5, 0.6) is 0 Å². The second kappa shape index (κ2) is 8.28. The molecule has 0 atom stereocenters. The molecule has 0 aliphatic rings. The van der Waals surface area contributed by atoms with Gasteiger partial charge in [0.1, 0.15) is 0 Å². The summed E-state index contributed by atoms with van der Waals surface area (Å²) < 4.78 is 0. The maximum absolute atomic E-state index is 12.0. The smallest absolute Gasteiger partial charge is 0.224 e. The number of carbonyl (C=O) groups excluding carboxylic acids is 1. The van der Waals surface area contributed by atoms with Gasteiger partial charge >= 0.3 is 0 Å². The summed E-state index contributed by atoms with van der Waals surface area (Å²) in [7, 11) is 0. The lowest BCUT2D eigenvalue weighted by Gasteiger charge is -2.31. The van der Waals surface area contributed by atoms with E-state index < -0.39 is 0 Å². The van der Waals surface area contributed by atoms with E-state index in [-0.39, 0.29) is 17.9 Å². The zero-order chi connectivity index (χ0) is 15.0. The maximum atomic E-state index is 12.0. The van der Waals surface area contributed by atoms with Crippen molar-refractivity contribution in [2.24, 2.45) is 5.41 Å². The summed E-state index contributed by atoms with van der Waals surface area (Å²) in [4.78, 5) is 12.0. The number of benzene rings is 1. The number of halogens is 1. The number of nitrogens with one attached hydrogen (secondary N) is 1. The third-order valence-corrected chi connectivity index (χ3v) is 4.29. The number of aliphatic hydroxyl groups is 1. The highest BCUT2D eigenvalue weighted by atomic mass is 35.5. The lowest BCUT2D eigenvalue weighted by atomic mass is 9.79. The maximum Gasteiger partial charge on any atom is 0.224 e. The lowest BCUT2D eigenvalue weighted by Crippen LogP contribution is -2.38. The molecule has 0 heterocycles. The molecule has 1 aromatic carbocycles. The van der Waals surface area contributed by atoms with Gasteiger partial charge in [0, 0.05) is 18.2 Å². The fourth-order valence-corrected chi connectivity index (χ4v) is 2.57. The first-order valence-corrected chi connectivity index (χ1v) is 7.55. The van der Waals surface area contributed by atoms with Crippen LogP contribution in [0.15, 0.2) is 24.3 Å². The molecule has 0 bridgehead atoms. The van der Waals surface area contributed by atoms with Crippen LogP contribution in [-0.4, -0.2) is 24.2 Å². The molecule has 0 saturated heterocycles. The van der Waals surface area contributed by atoms with E-state index in [2.05, 4.69) is 19.2 Å². The summed E-state index contributed by atoms with van der Waals surface area (Å²) in [6.07, 6.45) is 2.95. The van der Waals surface area contributed by atoms with Crippen molar-refractivity contribution in [3.63, 3.8) is 0 Å². The first-order valence-electron chi connectivity index (χ1n) is 7.17. The van der Waals surface area contributed by atoms with Gasteiger partial charge in [-0.25, -0.2) is 0 Å². The van der Waals surface area contributed by atoms with E-state index in [9.17, 15) is 4.79 Å². The van der Waals surface area contributed by atoms with E-state index in [4.69, 9.17) is 16.7 Å². The van der Waals surface area contributed by atoms with Gasteiger partial charge in [-0.2, -0.15) is 0 Å². The standard InChI is InChI=1S/C16H24ClNO2/c1-3-16(4-2,8-9-19)12-18-15(20)11-13-6-5-7-14(17)10-13/h5-7,10,19H,3-4,8-9,11-12H2,1-2H3,(H,18,20). The number of rotatable bonds is 8. The molecule has 112 valence electrons. The Balaban J connectivity index is 2.53. The third-order valence-electron chi connectivity index (χ3n) is 4.06. The monoisotopic (exact) mass is 297 g/mol. The average Bonchev–Trinajstić information content (AvgIpc) is 2.44. The van der Waals surface area contributed by atoms with Crippen LogP contribution in [0.1, 0.15) is 38.7 Å². The average molecular weight is 298 g/mol. The van der Waals surface area contributed by atoms with E-state index in [0.717, 1.165) is 24.8 Å². The van der Waals surface area contributed by atoms with Gasteiger partial charge in [-0.1, -0.05) is 37.6 Å². The van der Waals surface area contributed by atoms with Gasteiger partial charge < -0.3 is 10.4 Å². The molecular formula is C16H24ClNO2. The molecule has 0 aliphatic heterocycles. The molecule has 0 aliphatic carbocycles. The molecule has 2 N–H and O–H groups in total. The zero-order valence-corrected chi connectivity index (χ0v) is 13.0. The van der Waals surface area contributed by atoms with Crippen LogP contribution in [-0.2, 0) is 11.2 Å². The van der Waals surface area contributed by atoms with E-state index in [1.807, 2.05) is 18.2 Å². The Morgan fingerprint density at radius 2 is 2.05 bits per heavy atom. The number of carbonyl (C=O) groups is 1. The molecule has 0 aromatic heterocycles. The van der Waals surface area contributed by atoms with Gasteiger partial charge in [-0.3, -0.25) is 4.79 Å². The van der Waals surface area contributed by atoms with Gasteiger partial charge in [0.15, 0.2) is 0 Å². The number of hydrogen-bond acceptors (Lipinski definition) is 2. The molecular weight excluding hydrogens is 274 g/mol. The highest BCUT2D eigenvalue weighted by Crippen LogP contribution is 2.29. The van der Waals surface area contributed by atoms with Crippen molar-refractivity contribution in [3.05, 3.63) is 34.9 Å². The number of amides is 1. The topological polar surface area (TPSA) is 49.3 Å². The number of aliphatic hydroxyl groups excluding tert-OH is 1. The lowest BCUT2D eigenvalue weighted by molar-refractivity contribution is -0.121. The van der Waals surface area contributed by atoms with Crippen molar-refractivity contribution in [3.8, 4) is 0 Å².